The predicted octanol–water partition coefficient (Wildman–Crippen LogP) is 4.98. The molecule has 5 rings (SSSR count). The van der Waals surface area contributed by atoms with Gasteiger partial charge in [0.1, 0.15) is 16.8 Å². The maximum Gasteiger partial charge on any atom is 0.295 e. The minimum absolute atomic E-state index is 0.236. The molecule has 0 atom stereocenters. The summed E-state index contributed by atoms with van der Waals surface area (Å²) < 4.78 is 14.3. The number of para-hydroxylation sites is 2. The predicted molar refractivity (Wildman–Crippen MR) is 121 cm³/mol. The molecule has 0 aliphatic rings. The largest absolute Gasteiger partial charge is 0.492 e. The van der Waals surface area contributed by atoms with Gasteiger partial charge in [0.25, 0.3) is 5.91 Å². The normalized spacial score (nSPS) is 11.3. The molecule has 5 aromatic rings. The highest BCUT2D eigenvalue weighted by Gasteiger charge is 2.25. The first-order valence-electron chi connectivity index (χ1n) is 10.0. The van der Waals surface area contributed by atoms with Crippen molar-refractivity contribution in [3.05, 3.63) is 72.8 Å². The summed E-state index contributed by atoms with van der Waals surface area (Å²) in [5.74, 6) is 0.761. The fraction of sp³-hybridized carbons (Fsp3) is 0.174. The fourth-order valence-corrected chi connectivity index (χ4v) is 4.45. The van der Waals surface area contributed by atoms with E-state index in [4.69, 9.17) is 14.1 Å². The van der Waals surface area contributed by atoms with Gasteiger partial charge in [0.2, 0.25) is 0 Å². The van der Waals surface area contributed by atoms with Gasteiger partial charge in [-0.25, -0.2) is 4.98 Å². The molecule has 0 saturated carbocycles. The number of hydrogen-bond acceptors (Lipinski definition) is 6. The highest BCUT2D eigenvalue weighted by atomic mass is 32.1. The number of hydrogen-bond donors (Lipinski definition) is 0. The van der Waals surface area contributed by atoms with Crippen molar-refractivity contribution in [3.8, 4) is 5.75 Å². The van der Waals surface area contributed by atoms with Gasteiger partial charge in [0.05, 0.1) is 17.9 Å². The first kappa shape index (κ1) is 19.3. The van der Waals surface area contributed by atoms with Gasteiger partial charge in [-0.3, -0.25) is 14.4 Å². The van der Waals surface area contributed by atoms with E-state index >= 15 is 0 Å². The highest BCUT2D eigenvalue weighted by molar-refractivity contribution is 7.22. The average Bonchev–Trinajstić information content (AvgIpc) is 3.53. The Morgan fingerprint density at radius 3 is 2.90 bits per heavy atom. The molecular formula is C23H20N4O3S. The van der Waals surface area contributed by atoms with Gasteiger partial charge in [-0.15, -0.1) is 0 Å². The fourth-order valence-electron chi connectivity index (χ4n) is 3.44. The number of fused-ring (bicyclic) bond motifs is 2. The molecule has 0 saturated heterocycles. The zero-order valence-electron chi connectivity index (χ0n) is 16.9. The lowest BCUT2D eigenvalue weighted by atomic mass is 10.2. The summed E-state index contributed by atoms with van der Waals surface area (Å²) in [6.07, 6.45) is 3.59. The van der Waals surface area contributed by atoms with E-state index in [1.165, 1.54) is 11.3 Å². The molecule has 3 aromatic heterocycles. The molecule has 2 aromatic carbocycles. The molecule has 1 amide bonds. The molecule has 0 aliphatic carbocycles. The number of carbonyl (C=O) groups is 1. The van der Waals surface area contributed by atoms with Crippen molar-refractivity contribution in [1.82, 2.24) is 14.8 Å². The molecule has 156 valence electrons. The number of furan rings is 1. The number of aromatic nitrogens is 3. The van der Waals surface area contributed by atoms with E-state index in [1.54, 1.807) is 21.8 Å². The molecule has 0 unspecified atom stereocenters. The van der Waals surface area contributed by atoms with Gasteiger partial charge >= 0.3 is 0 Å². The number of benzene rings is 2. The number of anilines is 1. The Labute approximate surface area is 182 Å². The van der Waals surface area contributed by atoms with E-state index in [-0.39, 0.29) is 11.7 Å². The first-order valence-corrected chi connectivity index (χ1v) is 10.8. The molecular weight excluding hydrogens is 412 g/mol. The summed E-state index contributed by atoms with van der Waals surface area (Å²) >= 11 is 1.46. The molecule has 3 heterocycles. The van der Waals surface area contributed by atoms with Gasteiger partial charge in [-0.05, 0) is 37.3 Å². The van der Waals surface area contributed by atoms with E-state index in [0.717, 1.165) is 15.6 Å². The third-order valence-electron chi connectivity index (χ3n) is 4.89. The number of nitrogens with zero attached hydrogens (tertiary/aromatic N) is 4. The summed E-state index contributed by atoms with van der Waals surface area (Å²) in [7, 11) is 0. The first-order chi connectivity index (χ1) is 15.2. The maximum absolute atomic E-state index is 13.5. The third-order valence-corrected chi connectivity index (χ3v) is 5.94. The van der Waals surface area contributed by atoms with Crippen molar-refractivity contribution in [3.63, 3.8) is 0 Å². The highest BCUT2D eigenvalue weighted by Crippen LogP contribution is 2.35. The SMILES string of the molecule is CCOc1cccc2sc(N(CCn3cccn3)C(=O)c3cc4ccccc4o3)nc12. The van der Waals surface area contributed by atoms with Crippen LogP contribution in [0.1, 0.15) is 17.5 Å². The van der Waals surface area contributed by atoms with Gasteiger partial charge in [-0.1, -0.05) is 35.6 Å². The quantitative estimate of drug-likeness (QED) is 0.362. The van der Waals surface area contributed by atoms with Crippen molar-refractivity contribution in [2.24, 2.45) is 0 Å². The molecule has 0 radical (unpaired) electrons. The van der Waals surface area contributed by atoms with Crippen molar-refractivity contribution >= 4 is 43.6 Å². The molecule has 0 bridgehead atoms. The van der Waals surface area contributed by atoms with Crippen LogP contribution in [0.25, 0.3) is 21.2 Å². The summed E-state index contributed by atoms with van der Waals surface area (Å²) in [5, 5.41) is 5.73. The van der Waals surface area contributed by atoms with Crippen LogP contribution in [0.5, 0.6) is 5.75 Å². The topological polar surface area (TPSA) is 73.4 Å². The Bertz CT molecular complexity index is 1310. The number of ether oxygens (including phenoxy) is 1. The van der Waals surface area contributed by atoms with Crippen LogP contribution in [0.3, 0.4) is 0 Å². The Hall–Kier alpha value is -3.65. The third kappa shape index (κ3) is 3.77. The number of amides is 1. The second kappa shape index (κ2) is 8.23. The minimum Gasteiger partial charge on any atom is -0.492 e. The van der Waals surface area contributed by atoms with Crippen LogP contribution in [0.4, 0.5) is 5.13 Å². The summed E-state index contributed by atoms with van der Waals surface area (Å²) in [4.78, 5) is 19.9. The van der Waals surface area contributed by atoms with E-state index in [1.807, 2.05) is 61.7 Å². The maximum atomic E-state index is 13.5. The van der Waals surface area contributed by atoms with Crippen molar-refractivity contribution in [2.75, 3.05) is 18.1 Å². The second-order valence-corrected chi connectivity index (χ2v) is 7.92. The smallest absolute Gasteiger partial charge is 0.295 e. The lowest BCUT2D eigenvalue weighted by Gasteiger charge is -2.18. The van der Waals surface area contributed by atoms with E-state index in [2.05, 4.69) is 5.10 Å². The van der Waals surface area contributed by atoms with Crippen LogP contribution < -0.4 is 9.64 Å². The number of carbonyl (C=O) groups excluding carboxylic acids is 1. The van der Waals surface area contributed by atoms with Crippen molar-refractivity contribution in [2.45, 2.75) is 13.5 Å². The minimum atomic E-state index is -0.236. The standard InChI is InChI=1S/C23H20N4O3S/c1-2-29-18-9-5-10-20-21(18)25-23(31-20)27(14-13-26-12-6-11-24-26)22(28)19-15-16-7-3-4-8-17(16)30-19/h3-12,15H,2,13-14H2,1H3. The van der Waals surface area contributed by atoms with Gasteiger partial charge < -0.3 is 9.15 Å². The molecule has 0 aliphatic heterocycles. The Morgan fingerprint density at radius 1 is 1.19 bits per heavy atom. The second-order valence-electron chi connectivity index (χ2n) is 6.91. The average molecular weight is 433 g/mol. The summed E-state index contributed by atoms with van der Waals surface area (Å²) in [6.45, 7) is 3.43. The van der Waals surface area contributed by atoms with E-state index in [0.29, 0.717) is 36.2 Å². The molecule has 7 nitrogen and oxygen atoms in total. The molecule has 0 N–H and O–H groups in total. The van der Waals surface area contributed by atoms with Crippen LogP contribution in [0.15, 0.2) is 71.4 Å². The lowest BCUT2D eigenvalue weighted by Crippen LogP contribution is -2.33. The van der Waals surface area contributed by atoms with E-state index in [9.17, 15) is 4.79 Å². The van der Waals surface area contributed by atoms with Gasteiger partial charge in [-0.2, -0.15) is 5.10 Å². The molecule has 0 spiro atoms. The zero-order valence-corrected chi connectivity index (χ0v) is 17.7. The van der Waals surface area contributed by atoms with Crippen LogP contribution >= 0.6 is 11.3 Å². The van der Waals surface area contributed by atoms with Crippen LogP contribution in [0.2, 0.25) is 0 Å². The Morgan fingerprint density at radius 2 is 2.10 bits per heavy atom. The summed E-state index contributed by atoms with van der Waals surface area (Å²) in [6, 6.07) is 17.0. The molecule has 31 heavy (non-hydrogen) atoms. The van der Waals surface area contributed by atoms with Crippen LogP contribution in [-0.4, -0.2) is 33.8 Å². The summed E-state index contributed by atoms with van der Waals surface area (Å²) in [5.41, 5.74) is 1.44. The Balaban J connectivity index is 1.54. The number of rotatable bonds is 7. The Kier molecular flexibility index (Phi) is 5.13. The zero-order chi connectivity index (χ0) is 21.2. The molecule has 0 fully saturated rings. The molecule has 8 heteroatoms. The van der Waals surface area contributed by atoms with Gasteiger partial charge in [0.15, 0.2) is 10.9 Å². The van der Waals surface area contributed by atoms with Gasteiger partial charge in [0, 0.05) is 24.3 Å². The lowest BCUT2D eigenvalue weighted by molar-refractivity contribution is 0.0961. The number of thiazole rings is 1. The van der Waals surface area contributed by atoms with Crippen LogP contribution in [-0.2, 0) is 6.54 Å². The van der Waals surface area contributed by atoms with Crippen molar-refractivity contribution < 1.29 is 13.9 Å². The van der Waals surface area contributed by atoms with Crippen molar-refractivity contribution in [1.29, 1.82) is 0 Å². The monoisotopic (exact) mass is 432 g/mol. The van der Waals surface area contributed by atoms with Crippen LogP contribution in [0, 0.1) is 0 Å². The van der Waals surface area contributed by atoms with E-state index < -0.39 is 0 Å².